The number of nitrogens with zero attached hydrogens (tertiary/aromatic N) is 4. The largest absolute Gasteiger partial charge is 0.382 e. The van der Waals surface area contributed by atoms with Gasteiger partial charge in [0.1, 0.15) is 0 Å². The molecule has 12 heteroatoms. The predicted octanol–water partition coefficient (Wildman–Crippen LogP) is 2.07. The molecule has 5 aliphatic heterocycles. The quantitative estimate of drug-likeness (QED) is 0.374. The first-order chi connectivity index (χ1) is 22.0. The van der Waals surface area contributed by atoms with E-state index in [9.17, 15) is 19.2 Å². The standard InChI is InChI=1S/C33H41N5O7/c39-30-23-5-6-24-28-27(23)25(32(41)37(30)9-2-7-35-11-16-43-17-12-35)20-26(34-21-22-4-1-15-45-22)29(28)33(42)38(31(24)40)10-3-8-36-13-18-44-19-14-36/h5-6,20,22,34H,1-4,7-19,21H2. The Balaban J connectivity index is 1.20. The van der Waals surface area contributed by atoms with Crippen molar-refractivity contribution < 1.29 is 33.4 Å². The number of imide groups is 2. The van der Waals surface area contributed by atoms with Gasteiger partial charge in [-0.3, -0.25) is 38.8 Å². The van der Waals surface area contributed by atoms with E-state index in [1.165, 1.54) is 9.80 Å². The third-order valence-electron chi connectivity index (χ3n) is 9.63. The lowest BCUT2D eigenvalue weighted by molar-refractivity contribution is 0.0351. The Labute approximate surface area is 262 Å². The van der Waals surface area contributed by atoms with Crippen LogP contribution in [0.2, 0.25) is 0 Å². The fraction of sp³-hybridized carbons (Fsp3) is 0.576. The number of rotatable bonds is 11. The molecule has 5 aliphatic rings. The molecule has 45 heavy (non-hydrogen) atoms. The first-order valence-corrected chi connectivity index (χ1v) is 16.3. The van der Waals surface area contributed by atoms with Gasteiger partial charge >= 0.3 is 0 Å². The van der Waals surface area contributed by atoms with Gasteiger partial charge in [-0.15, -0.1) is 0 Å². The molecule has 5 heterocycles. The molecular formula is C33H41N5O7. The van der Waals surface area contributed by atoms with Crippen LogP contribution in [0.4, 0.5) is 5.69 Å². The smallest absolute Gasteiger partial charge is 0.263 e. The molecule has 3 saturated heterocycles. The molecule has 0 bridgehead atoms. The van der Waals surface area contributed by atoms with Gasteiger partial charge in [0, 0.05) is 93.1 Å². The fourth-order valence-electron chi connectivity index (χ4n) is 7.20. The molecule has 240 valence electrons. The zero-order valence-electron chi connectivity index (χ0n) is 25.7. The van der Waals surface area contributed by atoms with Crippen LogP contribution < -0.4 is 5.32 Å². The second-order valence-electron chi connectivity index (χ2n) is 12.4. The number of morpholine rings is 2. The maximum absolute atomic E-state index is 14.2. The molecule has 2 aromatic rings. The third kappa shape index (κ3) is 5.85. The molecule has 0 spiro atoms. The Morgan fingerprint density at radius 1 is 0.667 bits per heavy atom. The molecule has 1 atom stereocenters. The van der Waals surface area contributed by atoms with Crippen molar-refractivity contribution in [1.29, 1.82) is 0 Å². The number of benzene rings is 2. The van der Waals surface area contributed by atoms with Crippen LogP contribution in [0.3, 0.4) is 0 Å². The van der Waals surface area contributed by atoms with E-state index in [4.69, 9.17) is 14.2 Å². The Bertz CT molecular complexity index is 1490. The van der Waals surface area contributed by atoms with E-state index in [0.717, 1.165) is 52.1 Å². The number of carbonyl (C=O) groups excluding carboxylic acids is 4. The summed E-state index contributed by atoms with van der Waals surface area (Å²) in [6.45, 7) is 9.33. The van der Waals surface area contributed by atoms with E-state index >= 15 is 0 Å². The minimum Gasteiger partial charge on any atom is -0.382 e. The van der Waals surface area contributed by atoms with Gasteiger partial charge in [0.25, 0.3) is 23.6 Å². The highest BCUT2D eigenvalue weighted by Crippen LogP contribution is 2.41. The van der Waals surface area contributed by atoms with Gasteiger partial charge in [0.2, 0.25) is 0 Å². The fourth-order valence-corrected chi connectivity index (χ4v) is 7.20. The molecule has 2 aromatic carbocycles. The van der Waals surface area contributed by atoms with E-state index in [2.05, 4.69) is 15.1 Å². The van der Waals surface area contributed by atoms with Crippen LogP contribution >= 0.6 is 0 Å². The molecule has 3 fully saturated rings. The van der Waals surface area contributed by atoms with Crippen LogP contribution in [0.15, 0.2) is 18.2 Å². The Hall–Kier alpha value is -3.42. The van der Waals surface area contributed by atoms with Gasteiger partial charge in [-0.05, 0) is 43.9 Å². The van der Waals surface area contributed by atoms with Crippen LogP contribution in [0.5, 0.6) is 0 Å². The first-order valence-electron chi connectivity index (χ1n) is 16.3. The average molecular weight is 620 g/mol. The summed E-state index contributed by atoms with van der Waals surface area (Å²) < 4.78 is 16.7. The summed E-state index contributed by atoms with van der Waals surface area (Å²) in [5.41, 5.74) is 1.88. The van der Waals surface area contributed by atoms with E-state index < -0.39 is 17.7 Å². The lowest BCUT2D eigenvalue weighted by Gasteiger charge is -2.34. The molecule has 4 amide bonds. The van der Waals surface area contributed by atoms with Gasteiger partial charge < -0.3 is 19.5 Å². The van der Waals surface area contributed by atoms with Crippen LogP contribution in [-0.4, -0.2) is 141 Å². The van der Waals surface area contributed by atoms with Gasteiger partial charge in [0.15, 0.2) is 0 Å². The number of ether oxygens (including phenoxy) is 3. The molecule has 0 aromatic heterocycles. The lowest BCUT2D eigenvalue weighted by Crippen LogP contribution is -2.45. The Morgan fingerprint density at radius 3 is 1.80 bits per heavy atom. The summed E-state index contributed by atoms with van der Waals surface area (Å²) in [6, 6.07) is 5.01. The van der Waals surface area contributed by atoms with Crippen LogP contribution in [0.1, 0.15) is 67.1 Å². The molecule has 1 unspecified atom stereocenters. The van der Waals surface area contributed by atoms with Gasteiger partial charge in [-0.2, -0.15) is 0 Å². The van der Waals surface area contributed by atoms with Crippen molar-refractivity contribution in [3.8, 4) is 0 Å². The number of anilines is 1. The molecule has 0 radical (unpaired) electrons. The summed E-state index contributed by atoms with van der Waals surface area (Å²) in [5.74, 6) is -1.58. The van der Waals surface area contributed by atoms with Crippen molar-refractivity contribution >= 4 is 40.1 Å². The van der Waals surface area contributed by atoms with Crippen molar-refractivity contribution in [3.63, 3.8) is 0 Å². The summed E-state index contributed by atoms with van der Waals surface area (Å²) in [7, 11) is 0. The first kappa shape index (κ1) is 30.2. The molecule has 1 N–H and O–H groups in total. The second-order valence-corrected chi connectivity index (χ2v) is 12.4. The summed E-state index contributed by atoms with van der Waals surface area (Å²) in [4.78, 5) is 63.0. The molecule has 7 rings (SSSR count). The third-order valence-corrected chi connectivity index (χ3v) is 9.63. The number of hydrogen-bond donors (Lipinski definition) is 1. The zero-order valence-corrected chi connectivity index (χ0v) is 25.7. The van der Waals surface area contributed by atoms with E-state index in [0.29, 0.717) is 91.1 Å². The lowest BCUT2D eigenvalue weighted by atomic mass is 9.84. The van der Waals surface area contributed by atoms with E-state index in [-0.39, 0.29) is 25.1 Å². The molecular weight excluding hydrogens is 578 g/mol. The van der Waals surface area contributed by atoms with Crippen LogP contribution in [0, 0.1) is 0 Å². The van der Waals surface area contributed by atoms with Crippen molar-refractivity contribution in [1.82, 2.24) is 19.6 Å². The van der Waals surface area contributed by atoms with Crippen LogP contribution in [-0.2, 0) is 14.2 Å². The van der Waals surface area contributed by atoms with Gasteiger partial charge in [0.05, 0.1) is 43.7 Å². The zero-order chi connectivity index (χ0) is 30.9. The van der Waals surface area contributed by atoms with Crippen LogP contribution in [0.25, 0.3) is 10.8 Å². The monoisotopic (exact) mass is 619 g/mol. The highest BCUT2D eigenvalue weighted by Gasteiger charge is 2.41. The molecule has 0 aliphatic carbocycles. The Kier molecular flexibility index (Phi) is 8.83. The normalized spacial score (nSPS) is 22.6. The maximum atomic E-state index is 14.2. The van der Waals surface area contributed by atoms with Gasteiger partial charge in [-0.25, -0.2) is 0 Å². The summed E-state index contributed by atoms with van der Waals surface area (Å²) in [5, 5.41) is 4.20. The minimum atomic E-state index is -0.402. The summed E-state index contributed by atoms with van der Waals surface area (Å²) >= 11 is 0. The van der Waals surface area contributed by atoms with Crippen molar-refractivity contribution in [2.24, 2.45) is 0 Å². The summed E-state index contributed by atoms with van der Waals surface area (Å²) in [6.07, 6.45) is 3.16. The second kappa shape index (κ2) is 13.1. The highest BCUT2D eigenvalue weighted by molar-refractivity contribution is 6.34. The number of carbonyl (C=O) groups is 4. The topological polar surface area (TPSA) is 121 Å². The molecule has 12 nitrogen and oxygen atoms in total. The number of hydrogen-bond acceptors (Lipinski definition) is 10. The molecule has 0 saturated carbocycles. The minimum absolute atomic E-state index is 0.00558. The van der Waals surface area contributed by atoms with Gasteiger partial charge in [-0.1, -0.05) is 0 Å². The Morgan fingerprint density at radius 2 is 1.22 bits per heavy atom. The van der Waals surface area contributed by atoms with E-state index in [1.807, 2.05) is 0 Å². The SMILES string of the molecule is O=C1c2ccc3c4c(c(NCC5CCCO5)cc(c24)C(=O)N1CCCN1CCOCC1)C(=O)N(CCCN1CCOCC1)C3=O. The predicted molar refractivity (Wildman–Crippen MR) is 166 cm³/mol. The van der Waals surface area contributed by atoms with Crippen molar-refractivity contribution in [3.05, 3.63) is 40.5 Å². The highest BCUT2D eigenvalue weighted by atomic mass is 16.5. The number of nitrogens with one attached hydrogen (secondary N) is 1. The number of amides is 4. The van der Waals surface area contributed by atoms with Crippen molar-refractivity contribution in [2.45, 2.75) is 31.8 Å². The van der Waals surface area contributed by atoms with Crippen molar-refractivity contribution in [2.75, 3.05) is 97.3 Å². The van der Waals surface area contributed by atoms with E-state index in [1.54, 1.807) is 18.2 Å². The maximum Gasteiger partial charge on any atom is 0.263 e. The average Bonchev–Trinajstić information content (AvgIpc) is 3.59.